The molecule has 0 bridgehead atoms. The van der Waals surface area contributed by atoms with Gasteiger partial charge in [0.1, 0.15) is 11.6 Å². The number of anilines is 1. The second-order valence-electron chi connectivity index (χ2n) is 6.89. The number of hydrogen-bond acceptors (Lipinski definition) is 3. The maximum absolute atomic E-state index is 13.1. The van der Waals surface area contributed by atoms with Gasteiger partial charge >= 0.3 is 0 Å². The van der Waals surface area contributed by atoms with Gasteiger partial charge in [-0.25, -0.2) is 9.37 Å². The lowest BCUT2D eigenvalue weighted by atomic mass is 10.1. The first-order chi connectivity index (χ1) is 14.5. The zero-order valence-corrected chi connectivity index (χ0v) is 16.2. The molecule has 3 N–H and O–H groups in total. The molecule has 0 saturated heterocycles. The molecular formula is C23H19FN4O2. The summed E-state index contributed by atoms with van der Waals surface area (Å²) in [6.07, 6.45) is 0. The van der Waals surface area contributed by atoms with Crippen LogP contribution in [0.15, 0.2) is 66.7 Å². The van der Waals surface area contributed by atoms with Crippen LogP contribution in [0.1, 0.15) is 22.8 Å². The Kier molecular flexibility index (Phi) is 5.26. The Labute approximate surface area is 172 Å². The highest BCUT2D eigenvalue weighted by Gasteiger charge is 2.10. The molecule has 0 atom stereocenters. The van der Waals surface area contributed by atoms with Gasteiger partial charge in [-0.3, -0.25) is 9.59 Å². The largest absolute Gasteiger partial charge is 0.352 e. The van der Waals surface area contributed by atoms with Crippen molar-refractivity contribution in [2.24, 2.45) is 0 Å². The van der Waals surface area contributed by atoms with Crippen LogP contribution in [-0.2, 0) is 11.3 Å². The van der Waals surface area contributed by atoms with Crippen molar-refractivity contribution < 1.29 is 14.0 Å². The van der Waals surface area contributed by atoms with Crippen molar-refractivity contribution in [2.45, 2.75) is 13.5 Å². The van der Waals surface area contributed by atoms with Crippen LogP contribution in [0.4, 0.5) is 10.1 Å². The summed E-state index contributed by atoms with van der Waals surface area (Å²) in [5, 5.41) is 5.59. The predicted molar refractivity (Wildman–Crippen MR) is 113 cm³/mol. The van der Waals surface area contributed by atoms with Crippen molar-refractivity contribution in [3.63, 3.8) is 0 Å². The first kappa shape index (κ1) is 19.3. The van der Waals surface area contributed by atoms with Gasteiger partial charge in [0.25, 0.3) is 5.91 Å². The Hall–Kier alpha value is -4.00. The summed E-state index contributed by atoms with van der Waals surface area (Å²) in [6, 6.07) is 18.5. The van der Waals surface area contributed by atoms with E-state index in [4.69, 9.17) is 0 Å². The number of carbonyl (C=O) groups is 2. The van der Waals surface area contributed by atoms with Gasteiger partial charge in [0.15, 0.2) is 0 Å². The third kappa shape index (κ3) is 4.35. The monoisotopic (exact) mass is 402 g/mol. The second-order valence-corrected chi connectivity index (χ2v) is 6.89. The maximum Gasteiger partial charge on any atom is 0.255 e. The van der Waals surface area contributed by atoms with E-state index in [0.717, 1.165) is 22.2 Å². The number of amides is 2. The van der Waals surface area contributed by atoms with Crippen molar-refractivity contribution in [3.05, 3.63) is 83.7 Å². The normalized spacial score (nSPS) is 10.7. The minimum atomic E-state index is -0.303. The van der Waals surface area contributed by atoms with Crippen molar-refractivity contribution >= 4 is 28.5 Å². The van der Waals surface area contributed by atoms with Gasteiger partial charge in [0.05, 0.1) is 11.0 Å². The minimum absolute atomic E-state index is 0.103. The lowest BCUT2D eigenvalue weighted by Gasteiger charge is -2.07. The molecule has 0 aliphatic heterocycles. The zero-order chi connectivity index (χ0) is 21.1. The number of imidazole rings is 1. The average Bonchev–Trinajstić information content (AvgIpc) is 3.16. The maximum atomic E-state index is 13.1. The Morgan fingerprint density at radius 1 is 1.00 bits per heavy atom. The fourth-order valence-electron chi connectivity index (χ4n) is 3.04. The van der Waals surface area contributed by atoms with Crippen LogP contribution in [0.2, 0.25) is 0 Å². The fraction of sp³-hybridized carbons (Fsp3) is 0.0870. The number of hydrogen-bond donors (Lipinski definition) is 3. The molecule has 0 unspecified atom stereocenters. The summed E-state index contributed by atoms with van der Waals surface area (Å²) in [6.45, 7) is 1.88. The molecule has 4 aromatic rings. The molecule has 4 rings (SSSR count). The highest BCUT2D eigenvalue weighted by molar-refractivity contribution is 6.05. The number of nitrogens with one attached hydrogen (secondary N) is 3. The van der Waals surface area contributed by atoms with Gasteiger partial charge in [0.2, 0.25) is 5.91 Å². The average molecular weight is 402 g/mol. The molecule has 1 heterocycles. The fourth-order valence-corrected chi connectivity index (χ4v) is 3.04. The number of nitrogens with zero attached hydrogens (tertiary/aromatic N) is 1. The summed E-state index contributed by atoms with van der Waals surface area (Å²) in [5.74, 6) is -0.0152. The van der Waals surface area contributed by atoms with Crippen LogP contribution in [0, 0.1) is 5.82 Å². The predicted octanol–water partition coefficient (Wildman–Crippen LogP) is 4.26. The number of benzene rings is 3. The van der Waals surface area contributed by atoms with Gasteiger partial charge < -0.3 is 15.6 Å². The number of carbonyl (C=O) groups excluding carboxylic acids is 2. The van der Waals surface area contributed by atoms with E-state index in [0.29, 0.717) is 23.6 Å². The van der Waals surface area contributed by atoms with Crippen molar-refractivity contribution in [1.29, 1.82) is 0 Å². The summed E-state index contributed by atoms with van der Waals surface area (Å²) in [7, 11) is 0. The SMILES string of the molecule is CC(=O)NCc1ccc(C(=O)Nc2ccc3nc(-c4ccc(F)cc4)[nH]c3c2)cc1. The third-order valence-electron chi connectivity index (χ3n) is 4.61. The number of H-pyrrole nitrogens is 1. The van der Waals surface area contributed by atoms with E-state index >= 15 is 0 Å². The van der Waals surface area contributed by atoms with Crippen LogP contribution in [0.3, 0.4) is 0 Å². The van der Waals surface area contributed by atoms with Crippen LogP contribution in [0.5, 0.6) is 0 Å². The highest BCUT2D eigenvalue weighted by Crippen LogP contribution is 2.23. The van der Waals surface area contributed by atoms with E-state index in [1.807, 2.05) is 6.07 Å². The summed E-state index contributed by atoms with van der Waals surface area (Å²) in [5.41, 5.74) is 4.33. The Morgan fingerprint density at radius 3 is 2.43 bits per heavy atom. The minimum Gasteiger partial charge on any atom is -0.352 e. The van der Waals surface area contributed by atoms with E-state index in [1.54, 1.807) is 48.5 Å². The van der Waals surface area contributed by atoms with Crippen molar-refractivity contribution in [2.75, 3.05) is 5.32 Å². The Balaban J connectivity index is 1.48. The van der Waals surface area contributed by atoms with E-state index in [-0.39, 0.29) is 17.6 Å². The number of aromatic nitrogens is 2. The molecule has 3 aromatic carbocycles. The topological polar surface area (TPSA) is 86.9 Å². The van der Waals surface area contributed by atoms with E-state index in [1.165, 1.54) is 19.1 Å². The molecule has 0 spiro atoms. The van der Waals surface area contributed by atoms with Gasteiger partial charge in [-0.1, -0.05) is 12.1 Å². The van der Waals surface area contributed by atoms with E-state index in [2.05, 4.69) is 20.6 Å². The summed E-state index contributed by atoms with van der Waals surface area (Å²) < 4.78 is 13.1. The molecule has 150 valence electrons. The first-order valence-electron chi connectivity index (χ1n) is 9.38. The van der Waals surface area contributed by atoms with E-state index in [9.17, 15) is 14.0 Å². The Morgan fingerprint density at radius 2 is 1.73 bits per heavy atom. The molecule has 0 aliphatic rings. The zero-order valence-electron chi connectivity index (χ0n) is 16.2. The lowest BCUT2D eigenvalue weighted by molar-refractivity contribution is -0.119. The second kappa shape index (κ2) is 8.16. The molecule has 1 aromatic heterocycles. The van der Waals surface area contributed by atoms with Crippen LogP contribution >= 0.6 is 0 Å². The standard InChI is InChI=1S/C23H19FN4O2/c1-14(29)25-13-15-2-4-17(5-3-15)23(30)26-19-10-11-20-21(12-19)28-22(27-20)16-6-8-18(24)9-7-16/h2-12H,13H2,1H3,(H,25,29)(H,26,30)(H,27,28). The highest BCUT2D eigenvalue weighted by atomic mass is 19.1. The first-order valence-corrected chi connectivity index (χ1v) is 9.38. The summed E-state index contributed by atoms with van der Waals surface area (Å²) >= 11 is 0. The molecule has 0 saturated carbocycles. The molecule has 0 fully saturated rings. The smallest absolute Gasteiger partial charge is 0.255 e. The molecule has 2 amide bonds. The van der Waals surface area contributed by atoms with Gasteiger partial charge in [-0.15, -0.1) is 0 Å². The third-order valence-corrected chi connectivity index (χ3v) is 4.61. The Bertz CT molecular complexity index is 1210. The molecular weight excluding hydrogens is 383 g/mol. The van der Waals surface area contributed by atoms with Gasteiger partial charge in [-0.2, -0.15) is 0 Å². The molecule has 30 heavy (non-hydrogen) atoms. The quantitative estimate of drug-likeness (QED) is 0.466. The molecule has 6 nitrogen and oxygen atoms in total. The molecule has 0 radical (unpaired) electrons. The van der Waals surface area contributed by atoms with Gasteiger partial charge in [-0.05, 0) is 60.2 Å². The summed E-state index contributed by atoms with van der Waals surface area (Å²) in [4.78, 5) is 31.2. The van der Waals surface area contributed by atoms with Crippen LogP contribution in [-0.4, -0.2) is 21.8 Å². The van der Waals surface area contributed by atoms with Gasteiger partial charge in [0, 0.05) is 30.3 Å². The molecule has 0 aliphatic carbocycles. The van der Waals surface area contributed by atoms with E-state index < -0.39 is 0 Å². The lowest BCUT2D eigenvalue weighted by Crippen LogP contribution is -2.19. The molecule has 7 heteroatoms. The number of halogens is 1. The number of fused-ring (bicyclic) bond motifs is 1. The number of rotatable bonds is 5. The van der Waals surface area contributed by atoms with Crippen molar-refractivity contribution in [3.8, 4) is 11.4 Å². The van der Waals surface area contributed by atoms with Crippen LogP contribution in [0.25, 0.3) is 22.4 Å². The van der Waals surface area contributed by atoms with Crippen molar-refractivity contribution in [1.82, 2.24) is 15.3 Å². The van der Waals surface area contributed by atoms with Crippen LogP contribution < -0.4 is 10.6 Å². The number of aromatic amines is 1.